The minimum Gasteiger partial charge on any atom is -0.379 e. The van der Waals surface area contributed by atoms with Crippen LogP contribution in [0.4, 0.5) is 11.8 Å². The van der Waals surface area contributed by atoms with Gasteiger partial charge in [-0.1, -0.05) is 6.92 Å². The summed E-state index contributed by atoms with van der Waals surface area (Å²) in [4.78, 5) is 11.4. The standard InChI is InChI=1S/C15H27N5O/c1-4-12(2)17-14-11-13(3)18-15(19-14)16-5-6-20-7-9-21-10-8-20/h11-12H,4-10H2,1-3H3,(H2,16,17,18,19). The van der Waals surface area contributed by atoms with Crippen LogP contribution in [-0.2, 0) is 4.74 Å². The third-order valence-electron chi connectivity index (χ3n) is 3.68. The molecule has 1 unspecified atom stereocenters. The lowest BCUT2D eigenvalue weighted by atomic mass is 10.2. The number of nitrogens with zero attached hydrogens (tertiary/aromatic N) is 3. The molecule has 1 fully saturated rings. The monoisotopic (exact) mass is 293 g/mol. The van der Waals surface area contributed by atoms with Crippen molar-refractivity contribution in [2.45, 2.75) is 33.2 Å². The van der Waals surface area contributed by atoms with E-state index in [0.717, 1.165) is 57.3 Å². The van der Waals surface area contributed by atoms with Gasteiger partial charge >= 0.3 is 0 Å². The molecule has 1 aromatic heterocycles. The number of rotatable bonds is 7. The van der Waals surface area contributed by atoms with Crippen LogP contribution in [0.1, 0.15) is 26.0 Å². The van der Waals surface area contributed by atoms with Gasteiger partial charge in [-0.25, -0.2) is 4.98 Å². The van der Waals surface area contributed by atoms with E-state index >= 15 is 0 Å². The fraction of sp³-hybridized carbons (Fsp3) is 0.733. The van der Waals surface area contributed by atoms with Gasteiger partial charge in [-0.05, 0) is 20.3 Å². The molecule has 2 heterocycles. The van der Waals surface area contributed by atoms with Crippen LogP contribution in [-0.4, -0.2) is 60.3 Å². The van der Waals surface area contributed by atoms with E-state index < -0.39 is 0 Å². The van der Waals surface area contributed by atoms with E-state index in [9.17, 15) is 0 Å². The summed E-state index contributed by atoms with van der Waals surface area (Å²) in [5.41, 5.74) is 0.977. The third-order valence-corrected chi connectivity index (χ3v) is 3.68. The highest BCUT2D eigenvalue weighted by atomic mass is 16.5. The van der Waals surface area contributed by atoms with Crippen LogP contribution in [0.25, 0.3) is 0 Å². The first kappa shape index (κ1) is 16.0. The highest BCUT2D eigenvalue weighted by Gasteiger charge is 2.10. The molecule has 1 atom stereocenters. The maximum absolute atomic E-state index is 5.35. The van der Waals surface area contributed by atoms with Crippen LogP contribution >= 0.6 is 0 Å². The van der Waals surface area contributed by atoms with Crippen molar-refractivity contribution in [3.05, 3.63) is 11.8 Å². The Labute approximate surface area is 127 Å². The minimum atomic E-state index is 0.417. The highest BCUT2D eigenvalue weighted by Crippen LogP contribution is 2.11. The topological polar surface area (TPSA) is 62.3 Å². The number of hydrogen-bond donors (Lipinski definition) is 2. The largest absolute Gasteiger partial charge is 0.379 e. The lowest BCUT2D eigenvalue weighted by Gasteiger charge is -2.26. The molecule has 2 N–H and O–H groups in total. The molecule has 21 heavy (non-hydrogen) atoms. The van der Waals surface area contributed by atoms with Crippen molar-refractivity contribution in [3.8, 4) is 0 Å². The summed E-state index contributed by atoms with van der Waals surface area (Å²) in [6, 6.07) is 2.40. The van der Waals surface area contributed by atoms with Gasteiger partial charge < -0.3 is 15.4 Å². The van der Waals surface area contributed by atoms with Gasteiger partial charge in [-0.2, -0.15) is 4.98 Å². The Hall–Kier alpha value is -1.40. The molecule has 0 saturated carbocycles. The molecule has 118 valence electrons. The molecule has 1 aromatic rings. The van der Waals surface area contributed by atoms with Crippen molar-refractivity contribution < 1.29 is 4.74 Å². The normalized spacial score (nSPS) is 17.5. The molecule has 2 rings (SSSR count). The molecule has 0 spiro atoms. The van der Waals surface area contributed by atoms with E-state index in [4.69, 9.17) is 4.74 Å². The first-order valence-electron chi connectivity index (χ1n) is 7.83. The van der Waals surface area contributed by atoms with E-state index in [-0.39, 0.29) is 0 Å². The summed E-state index contributed by atoms with van der Waals surface area (Å²) in [6.45, 7) is 11.9. The van der Waals surface area contributed by atoms with E-state index in [2.05, 4.69) is 39.3 Å². The summed E-state index contributed by atoms with van der Waals surface area (Å²) < 4.78 is 5.35. The van der Waals surface area contributed by atoms with E-state index in [1.807, 2.05) is 13.0 Å². The number of ether oxygens (including phenoxy) is 1. The number of aryl methyl sites for hydroxylation is 1. The minimum absolute atomic E-state index is 0.417. The average molecular weight is 293 g/mol. The van der Waals surface area contributed by atoms with Crippen LogP contribution in [0, 0.1) is 6.92 Å². The predicted octanol–water partition coefficient (Wildman–Crippen LogP) is 1.74. The molecule has 1 saturated heterocycles. The average Bonchev–Trinajstić information content (AvgIpc) is 2.47. The van der Waals surface area contributed by atoms with Gasteiger partial charge in [0.25, 0.3) is 0 Å². The zero-order valence-electron chi connectivity index (χ0n) is 13.4. The summed E-state index contributed by atoms with van der Waals surface area (Å²) in [5.74, 6) is 1.60. The molecule has 0 bridgehead atoms. The second kappa shape index (κ2) is 8.14. The highest BCUT2D eigenvalue weighted by molar-refractivity contribution is 5.42. The van der Waals surface area contributed by atoms with Gasteiger partial charge in [0, 0.05) is 44.0 Å². The van der Waals surface area contributed by atoms with E-state index in [1.165, 1.54) is 0 Å². The molecule has 6 nitrogen and oxygen atoms in total. The van der Waals surface area contributed by atoms with Gasteiger partial charge in [0.1, 0.15) is 5.82 Å². The molecule has 1 aliphatic heterocycles. The lowest BCUT2D eigenvalue weighted by molar-refractivity contribution is 0.0398. The smallest absolute Gasteiger partial charge is 0.224 e. The van der Waals surface area contributed by atoms with Gasteiger partial charge in [-0.15, -0.1) is 0 Å². The molecule has 0 aliphatic carbocycles. The zero-order valence-corrected chi connectivity index (χ0v) is 13.4. The molecule has 0 amide bonds. The van der Waals surface area contributed by atoms with Crippen molar-refractivity contribution in [1.29, 1.82) is 0 Å². The molecular weight excluding hydrogens is 266 g/mol. The molecule has 6 heteroatoms. The van der Waals surface area contributed by atoms with Crippen molar-refractivity contribution in [3.63, 3.8) is 0 Å². The second-order valence-electron chi connectivity index (χ2n) is 5.55. The van der Waals surface area contributed by atoms with Crippen molar-refractivity contribution >= 4 is 11.8 Å². The Morgan fingerprint density at radius 3 is 2.81 bits per heavy atom. The third kappa shape index (κ3) is 5.47. The maximum Gasteiger partial charge on any atom is 0.224 e. The van der Waals surface area contributed by atoms with Crippen molar-refractivity contribution in [1.82, 2.24) is 14.9 Å². The Kier molecular flexibility index (Phi) is 6.20. The fourth-order valence-electron chi connectivity index (χ4n) is 2.23. The van der Waals surface area contributed by atoms with E-state index in [1.54, 1.807) is 0 Å². The Bertz CT molecular complexity index is 434. The lowest BCUT2D eigenvalue weighted by Crippen LogP contribution is -2.39. The van der Waals surface area contributed by atoms with Crippen LogP contribution < -0.4 is 10.6 Å². The van der Waals surface area contributed by atoms with Crippen molar-refractivity contribution in [2.24, 2.45) is 0 Å². The van der Waals surface area contributed by atoms with E-state index in [0.29, 0.717) is 12.0 Å². The molecule has 1 aliphatic rings. The maximum atomic E-state index is 5.35. The van der Waals surface area contributed by atoms with Crippen LogP contribution in [0.5, 0.6) is 0 Å². The first-order valence-corrected chi connectivity index (χ1v) is 7.83. The Balaban J connectivity index is 1.84. The number of nitrogens with one attached hydrogen (secondary N) is 2. The summed E-state index contributed by atoms with van der Waals surface area (Å²) >= 11 is 0. The van der Waals surface area contributed by atoms with Crippen LogP contribution in [0.3, 0.4) is 0 Å². The van der Waals surface area contributed by atoms with Gasteiger partial charge in [-0.3, -0.25) is 4.90 Å². The zero-order chi connectivity index (χ0) is 15.1. The Morgan fingerprint density at radius 1 is 1.33 bits per heavy atom. The number of anilines is 2. The van der Waals surface area contributed by atoms with Gasteiger partial charge in [0.15, 0.2) is 0 Å². The summed E-state index contributed by atoms with van der Waals surface area (Å²) in [6.07, 6.45) is 1.07. The number of morpholine rings is 1. The van der Waals surface area contributed by atoms with Gasteiger partial charge in [0.2, 0.25) is 5.95 Å². The number of hydrogen-bond acceptors (Lipinski definition) is 6. The van der Waals surface area contributed by atoms with Crippen LogP contribution in [0.15, 0.2) is 6.07 Å². The van der Waals surface area contributed by atoms with Crippen molar-refractivity contribution in [2.75, 3.05) is 50.0 Å². The van der Waals surface area contributed by atoms with Gasteiger partial charge in [0.05, 0.1) is 13.2 Å². The van der Waals surface area contributed by atoms with Crippen LogP contribution in [0.2, 0.25) is 0 Å². The molecule has 0 radical (unpaired) electrons. The SMILES string of the molecule is CCC(C)Nc1cc(C)nc(NCCN2CCOCC2)n1. The Morgan fingerprint density at radius 2 is 2.10 bits per heavy atom. The second-order valence-corrected chi connectivity index (χ2v) is 5.55. The fourth-order valence-corrected chi connectivity index (χ4v) is 2.23. The quantitative estimate of drug-likeness (QED) is 0.798. The summed E-state index contributed by atoms with van der Waals surface area (Å²) in [7, 11) is 0. The molecule has 0 aromatic carbocycles. The predicted molar refractivity (Wildman–Crippen MR) is 85.9 cm³/mol. The number of aromatic nitrogens is 2. The summed E-state index contributed by atoms with van der Waals surface area (Å²) in [5, 5.41) is 6.71. The molecular formula is C15H27N5O. The first-order chi connectivity index (χ1) is 10.2.